The van der Waals surface area contributed by atoms with Gasteiger partial charge in [0.1, 0.15) is 0 Å². The van der Waals surface area contributed by atoms with E-state index in [4.69, 9.17) is 9.05 Å². The highest BCUT2D eigenvalue weighted by molar-refractivity contribution is 7.58. The molecule has 2 N–H and O–H groups in total. The highest BCUT2D eigenvalue weighted by Gasteiger charge is 2.33. The molecule has 30 heavy (non-hydrogen) atoms. The van der Waals surface area contributed by atoms with Crippen molar-refractivity contribution >= 4 is 19.0 Å². The molecule has 0 spiro atoms. The molecule has 0 saturated heterocycles. The molecule has 0 aliphatic heterocycles. The van der Waals surface area contributed by atoms with E-state index in [1.807, 2.05) is 37.3 Å². The SMILES string of the molecule is CCOP(=O)(OCC)/C(=C\Nc1ccc([N+](=O)[O-])cc1)C(C)NCc1ccccc1. The van der Waals surface area contributed by atoms with Crippen LogP contribution < -0.4 is 10.6 Å². The summed E-state index contributed by atoms with van der Waals surface area (Å²) in [5, 5.41) is 17.7. The highest BCUT2D eigenvalue weighted by atomic mass is 31.2. The molecule has 2 aromatic carbocycles. The number of nitrogens with one attached hydrogen (secondary N) is 2. The molecule has 1 unspecified atom stereocenters. The van der Waals surface area contributed by atoms with E-state index in [0.717, 1.165) is 5.56 Å². The Bertz CT molecular complexity index is 877. The van der Waals surface area contributed by atoms with Crippen molar-refractivity contribution in [3.63, 3.8) is 0 Å². The normalized spacial score (nSPS) is 13.1. The second kappa shape index (κ2) is 11.6. The number of benzene rings is 2. The summed E-state index contributed by atoms with van der Waals surface area (Å²) >= 11 is 0. The largest absolute Gasteiger partial charge is 0.361 e. The Labute approximate surface area is 177 Å². The lowest BCUT2D eigenvalue weighted by Gasteiger charge is -2.25. The molecule has 0 heterocycles. The van der Waals surface area contributed by atoms with E-state index in [1.54, 1.807) is 32.2 Å². The lowest BCUT2D eigenvalue weighted by atomic mass is 10.2. The van der Waals surface area contributed by atoms with Gasteiger partial charge in [-0.15, -0.1) is 0 Å². The van der Waals surface area contributed by atoms with Crippen molar-refractivity contribution < 1.29 is 18.5 Å². The number of anilines is 1. The first-order valence-corrected chi connectivity index (χ1v) is 11.3. The Morgan fingerprint density at radius 2 is 1.70 bits per heavy atom. The van der Waals surface area contributed by atoms with Crippen molar-refractivity contribution in [2.45, 2.75) is 33.4 Å². The van der Waals surface area contributed by atoms with Crippen molar-refractivity contribution in [2.24, 2.45) is 0 Å². The summed E-state index contributed by atoms with van der Waals surface area (Å²) in [6.07, 6.45) is 1.59. The van der Waals surface area contributed by atoms with Crippen LogP contribution >= 0.6 is 7.60 Å². The average molecular weight is 433 g/mol. The molecule has 8 nitrogen and oxygen atoms in total. The van der Waals surface area contributed by atoms with Crippen LogP contribution in [0.25, 0.3) is 0 Å². The molecule has 2 aromatic rings. The van der Waals surface area contributed by atoms with Gasteiger partial charge in [-0.25, -0.2) is 0 Å². The van der Waals surface area contributed by atoms with Crippen molar-refractivity contribution in [3.05, 3.63) is 81.8 Å². The number of hydrogen-bond acceptors (Lipinski definition) is 7. The Hall–Kier alpha value is -2.51. The monoisotopic (exact) mass is 433 g/mol. The molecule has 1 atom stereocenters. The fraction of sp³-hybridized carbons (Fsp3) is 0.333. The third kappa shape index (κ3) is 6.78. The predicted molar refractivity (Wildman–Crippen MR) is 118 cm³/mol. The molecular formula is C21H28N3O5P. The lowest BCUT2D eigenvalue weighted by Crippen LogP contribution is -2.28. The van der Waals surface area contributed by atoms with E-state index >= 15 is 0 Å². The first kappa shape index (κ1) is 23.8. The van der Waals surface area contributed by atoms with Crippen LogP contribution in [-0.4, -0.2) is 24.2 Å². The maximum absolute atomic E-state index is 13.4. The van der Waals surface area contributed by atoms with Crippen LogP contribution in [0.4, 0.5) is 11.4 Å². The summed E-state index contributed by atoms with van der Waals surface area (Å²) in [6.45, 7) is 6.45. The van der Waals surface area contributed by atoms with Crippen molar-refractivity contribution in [1.82, 2.24) is 5.32 Å². The average Bonchev–Trinajstić information content (AvgIpc) is 2.73. The zero-order valence-electron chi connectivity index (χ0n) is 17.4. The molecule has 0 radical (unpaired) electrons. The predicted octanol–water partition coefficient (Wildman–Crippen LogP) is 5.29. The highest BCUT2D eigenvalue weighted by Crippen LogP contribution is 2.57. The van der Waals surface area contributed by atoms with Gasteiger partial charge >= 0.3 is 7.60 Å². The Morgan fingerprint density at radius 3 is 2.23 bits per heavy atom. The van der Waals surface area contributed by atoms with Crippen LogP contribution in [0.5, 0.6) is 0 Å². The fourth-order valence-corrected chi connectivity index (χ4v) is 4.62. The van der Waals surface area contributed by atoms with Crippen LogP contribution in [0.1, 0.15) is 26.3 Å². The number of nitro groups is 1. The van der Waals surface area contributed by atoms with Crippen LogP contribution in [0.2, 0.25) is 0 Å². The summed E-state index contributed by atoms with van der Waals surface area (Å²) in [7, 11) is -3.54. The van der Waals surface area contributed by atoms with Gasteiger partial charge in [0.05, 0.1) is 23.5 Å². The minimum atomic E-state index is -3.54. The molecule has 0 aliphatic carbocycles. The minimum Gasteiger partial charge on any atom is -0.361 e. The Kier molecular flexibility index (Phi) is 9.20. The molecule has 0 aromatic heterocycles. The lowest BCUT2D eigenvalue weighted by molar-refractivity contribution is -0.384. The molecule has 0 amide bonds. The molecule has 0 saturated carbocycles. The third-order valence-corrected chi connectivity index (χ3v) is 6.62. The van der Waals surface area contributed by atoms with Gasteiger partial charge in [-0.05, 0) is 38.5 Å². The zero-order valence-corrected chi connectivity index (χ0v) is 18.3. The van der Waals surface area contributed by atoms with Gasteiger partial charge in [0.2, 0.25) is 0 Å². The van der Waals surface area contributed by atoms with Crippen molar-refractivity contribution in [3.8, 4) is 0 Å². The number of non-ortho nitro benzene ring substituents is 1. The van der Waals surface area contributed by atoms with Gasteiger partial charge in [-0.1, -0.05) is 30.3 Å². The smallest absolute Gasteiger partial charge is 0.360 e. The molecule has 0 bridgehead atoms. The van der Waals surface area contributed by atoms with E-state index in [1.165, 1.54) is 12.1 Å². The minimum absolute atomic E-state index is 0.00282. The van der Waals surface area contributed by atoms with E-state index in [-0.39, 0.29) is 24.9 Å². The topological polar surface area (TPSA) is 103 Å². The van der Waals surface area contributed by atoms with Gasteiger partial charge in [0.15, 0.2) is 0 Å². The standard InChI is InChI=1S/C21H28N3O5P/c1-4-28-30(27,29-5-2)21(17(3)22-15-18-9-7-6-8-10-18)16-23-19-11-13-20(14-12-19)24(25)26/h6-14,16-17,22-23H,4-5,15H2,1-3H3/b21-16-. The molecule has 9 heteroatoms. The third-order valence-electron chi connectivity index (χ3n) is 4.28. The van der Waals surface area contributed by atoms with Crippen LogP contribution in [0.15, 0.2) is 66.1 Å². The quantitative estimate of drug-likeness (QED) is 0.266. The first-order valence-electron chi connectivity index (χ1n) is 9.77. The summed E-state index contributed by atoms with van der Waals surface area (Å²) in [5.41, 5.74) is 1.71. The second-order valence-electron chi connectivity index (χ2n) is 6.44. The van der Waals surface area contributed by atoms with Crippen molar-refractivity contribution in [2.75, 3.05) is 18.5 Å². The Balaban J connectivity index is 2.25. The maximum atomic E-state index is 13.4. The molecular weight excluding hydrogens is 405 g/mol. The van der Waals surface area contributed by atoms with Gasteiger partial charge in [0.25, 0.3) is 5.69 Å². The van der Waals surface area contributed by atoms with E-state index in [9.17, 15) is 14.7 Å². The van der Waals surface area contributed by atoms with Gasteiger partial charge in [-0.2, -0.15) is 0 Å². The number of nitrogens with zero attached hydrogens (tertiary/aromatic N) is 1. The fourth-order valence-electron chi connectivity index (χ4n) is 2.78. The van der Waals surface area contributed by atoms with Gasteiger partial charge in [0, 0.05) is 36.6 Å². The molecule has 2 rings (SSSR count). The Morgan fingerprint density at radius 1 is 1.10 bits per heavy atom. The van der Waals surface area contributed by atoms with E-state index in [0.29, 0.717) is 17.5 Å². The molecule has 162 valence electrons. The van der Waals surface area contributed by atoms with E-state index in [2.05, 4.69) is 10.6 Å². The number of nitro benzene ring substituents is 1. The summed E-state index contributed by atoms with van der Waals surface area (Å²) in [5.74, 6) is 0. The number of rotatable bonds is 12. The van der Waals surface area contributed by atoms with Crippen LogP contribution in [0.3, 0.4) is 0 Å². The van der Waals surface area contributed by atoms with E-state index < -0.39 is 12.5 Å². The summed E-state index contributed by atoms with van der Waals surface area (Å²) in [4.78, 5) is 10.4. The molecule has 0 aliphatic rings. The summed E-state index contributed by atoms with van der Waals surface area (Å²) < 4.78 is 24.5. The first-order chi connectivity index (χ1) is 14.4. The van der Waals surface area contributed by atoms with Gasteiger partial charge < -0.3 is 19.7 Å². The number of hydrogen-bond donors (Lipinski definition) is 2. The van der Waals surface area contributed by atoms with Crippen LogP contribution in [0, 0.1) is 10.1 Å². The van der Waals surface area contributed by atoms with Gasteiger partial charge in [-0.3, -0.25) is 14.7 Å². The zero-order chi connectivity index (χ0) is 22.0. The van der Waals surface area contributed by atoms with Crippen LogP contribution in [-0.2, 0) is 20.2 Å². The second-order valence-corrected chi connectivity index (χ2v) is 8.47. The van der Waals surface area contributed by atoms with Crippen molar-refractivity contribution in [1.29, 1.82) is 0 Å². The maximum Gasteiger partial charge on any atom is 0.360 e. The molecule has 0 fully saturated rings. The summed E-state index contributed by atoms with van der Waals surface area (Å²) in [6, 6.07) is 15.5.